The van der Waals surface area contributed by atoms with E-state index >= 15 is 0 Å². The molecule has 0 radical (unpaired) electrons. The molecule has 0 amide bonds. The van der Waals surface area contributed by atoms with Crippen LogP contribution in [0.2, 0.25) is 0 Å². The van der Waals surface area contributed by atoms with Crippen LogP contribution in [0.15, 0.2) is 0 Å². The average molecular weight is 210 g/mol. The SMILES string of the molecule is CCC[C@@H]1CCC[C@H](C2CCCCC2)O1. The van der Waals surface area contributed by atoms with E-state index in [2.05, 4.69) is 6.92 Å². The largest absolute Gasteiger partial charge is 0.375 e. The van der Waals surface area contributed by atoms with Gasteiger partial charge in [0.05, 0.1) is 12.2 Å². The smallest absolute Gasteiger partial charge is 0.0607 e. The number of ether oxygens (including phenoxy) is 1. The topological polar surface area (TPSA) is 9.23 Å². The molecule has 0 aromatic rings. The Bertz CT molecular complexity index is 170. The van der Waals surface area contributed by atoms with E-state index < -0.39 is 0 Å². The summed E-state index contributed by atoms with van der Waals surface area (Å²) in [5, 5.41) is 0. The maximum Gasteiger partial charge on any atom is 0.0607 e. The van der Waals surface area contributed by atoms with Crippen molar-refractivity contribution in [1.29, 1.82) is 0 Å². The van der Waals surface area contributed by atoms with Crippen molar-refractivity contribution >= 4 is 0 Å². The summed E-state index contributed by atoms with van der Waals surface area (Å²) in [6.07, 6.45) is 15.1. The fourth-order valence-corrected chi connectivity index (χ4v) is 3.32. The monoisotopic (exact) mass is 210 g/mol. The van der Waals surface area contributed by atoms with Crippen LogP contribution in [0.3, 0.4) is 0 Å². The van der Waals surface area contributed by atoms with Crippen LogP contribution in [0.5, 0.6) is 0 Å². The van der Waals surface area contributed by atoms with E-state index in [4.69, 9.17) is 4.74 Å². The van der Waals surface area contributed by atoms with Gasteiger partial charge in [0.15, 0.2) is 0 Å². The molecule has 0 bridgehead atoms. The highest BCUT2D eigenvalue weighted by Crippen LogP contribution is 2.34. The van der Waals surface area contributed by atoms with Gasteiger partial charge in [-0.25, -0.2) is 0 Å². The predicted octanol–water partition coefficient (Wildman–Crippen LogP) is 4.30. The minimum atomic E-state index is 0.593. The van der Waals surface area contributed by atoms with Crippen LogP contribution in [0.4, 0.5) is 0 Å². The Labute approximate surface area is 94.6 Å². The average Bonchev–Trinajstić information content (AvgIpc) is 2.31. The van der Waals surface area contributed by atoms with Crippen molar-refractivity contribution in [1.82, 2.24) is 0 Å². The van der Waals surface area contributed by atoms with Gasteiger partial charge in [0.2, 0.25) is 0 Å². The molecule has 1 saturated carbocycles. The van der Waals surface area contributed by atoms with Crippen LogP contribution in [0, 0.1) is 5.92 Å². The highest BCUT2D eigenvalue weighted by atomic mass is 16.5. The Morgan fingerprint density at radius 1 is 0.933 bits per heavy atom. The summed E-state index contributed by atoms with van der Waals surface area (Å²) in [5.74, 6) is 0.901. The van der Waals surface area contributed by atoms with E-state index in [1.165, 1.54) is 64.2 Å². The van der Waals surface area contributed by atoms with Crippen LogP contribution in [0.1, 0.15) is 71.1 Å². The molecule has 1 aliphatic carbocycles. The molecular weight excluding hydrogens is 184 g/mol. The molecule has 0 spiro atoms. The van der Waals surface area contributed by atoms with E-state index in [0.29, 0.717) is 12.2 Å². The first-order valence-corrected chi connectivity index (χ1v) is 7.05. The first-order valence-electron chi connectivity index (χ1n) is 7.05. The molecule has 1 heteroatoms. The van der Waals surface area contributed by atoms with Gasteiger partial charge in [0, 0.05) is 0 Å². The molecule has 1 saturated heterocycles. The molecule has 1 heterocycles. The summed E-state index contributed by atoms with van der Waals surface area (Å²) < 4.78 is 6.27. The summed E-state index contributed by atoms with van der Waals surface area (Å²) in [5.41, 5.74) is 0. The van der Waals surface area contributed by atoms with E-state index in [1.54, 1.807) is 0 Å². The molecule has 15 heavy (non-hydrogen) atoms. The van der Waals surface area contributed by atoms with Crippen LogP contribution >= 0.6 is 0 Å². The van der Waals surface area contributed by atoms with Gasteiger partial charge in [-0.05, 0) is 44.4 Å². The van der Waals surface area contributed by atoms with Gasteiger partial charge in [0.1, 0.15) is 0 Å². The van der Waals surface area contributed by atoms with Gasteiger partial charge in [0.25, 0.3) is 0 Å². The van der Waals surface area contributed by atoms with Gasteiger partial charge in [-0.2, -0.15) is 0 Å². The lowest BCUT2D eigenvalue weighted by atomic mass is 9.82. The van der Waals surface area contributed by atoms with Crippen LogP contribution in [-0.4, -0.2) is 12.2 Å². The first-order chi connectivity index (χ1) is 7.40. The van der Waals surface area contributed by atoms with Crippen molar-refractivity contribution in [2.45, 2.75) is 83.3 Å². The maximum atomic E-state index is 6.27. The summed E-state index contributed by atoms with van der Waals surface area (Å²) in [4.78, 5) is 0. The second-order valence-electron chi connectivity index (χ2n) is 5.41. The van der Waals surface area contributed by atoms with Crippen molar-refractivity contribution in [3.8, 4) is 0 Å². The Hall–Kier alpha value is -0.0400. The normalized spacial score (nSPS) is 34.2. The highest BCUT2D eigenvalue weighted by Gasteiger charge is 2.29. The van der Waals surface area contributed by atoms with E-state index in [9.17, 15) is 0 Å². The predicted molar refractivity (Wildman–Crippen MR) is 64.0 cm³/mol. The summed E-state index contributed by atoms with van der Waals surface area (Å²) >= 11 is 0. The van der Waals surface area contributed by atoms with Crippen LogP contribution in [-0.2, 0) is 4.74 Å². The first kappa shape index (κ1) is 11.4. The molecule has 2 atom stereocenters. The Kier molecular flexibility index (Phi) is 4.49. The third-order valence-corrected chi connectivity index (χ3v) is 4.17. The molecule has 1 aliphatic heterocycles. The minimum Gasteiger partial charge on any atom is -0.375 e. The molecule has 2 rings (SSSR count). The third-order valence-electron chi connectivity index (χ3n) is 4.17. The summed E-state index contributed by atoms with van der Waals surface area (Å²) in [6.45, 7) is 2.27. The van der Waals surface area contributed by atoms with Gasteiger partial charge < -0.3 is 4.74 Å². The fraction of sp³-hybridized carbons (Fsp3) is 1.00. The van der Waals surface area contributed by atoms with Crippen molar-refractivity contribution in [2.75, 3.05) is 0 Å². The molecule has 2 aliphatic rings. The zero-order valence-corrected chi connectivity index (χ0v) is 10.2. The van der Waals surface area contributed by atoms with Crippen molar-refractivity contribution in [3.63, 3.8) is 0 Å². The highest BCUT2D eigenvalue weighted by molar-refractivity contribution is 4.79. The molecular formula is C14H26O. The quantitative estimate of drug-likeness (QED) is 0.674. The van der Waals surface area contributed by atoms with Gasteiger partial charge in [-0.3, -0.25) is 0 Å². The molecule has 0 unspecified atom stereocenters. The lowest BCUT2D eigenvalue weighted by molar-refractivity contribution is -0.0864. The number of rotatable bonds is 3. The summed E-state index contributed by atoms with van der Waals surface area (Å²) in [7, 11) is 0. The second-order valence-corrected chi connectivity index (χ2v) is 5.41. The molecule has 0 N–H and O–H groups in total. The zero-order valence-electron chi connectivity index (χ0n) is 10.2. The molecule has 1 nitrogen and oxygen atoms in total. The Morgan fingerprint density at radius 3 is 2.47 bits per heavy atom. The van der Waals surface area contributed by atoms with E-state index in [0.717, 1.165) is 5.92 Å². The third kappa shape index (κ3) is 3.21. The van der Waals surface area contributed by atoms with Crippen LogP contribution < -0.4 is 0 Å². The lowest BCUT2D eigenvalue weighted by Crippen LogP contribution is -2.34. The second kappa shape index (κ2) is 5.89. The van der Waals surface area contributed by atoms with Crippen molar-refractivity contribution in [3.05, 3.63) is 0 Å². The van der Waals surface area contributed by atoms with E-state index in [1.807, 2.05) is 0 Å². The molecule has 2 fully saturated rings. The molecule has 0 aromatic heterocycles. The Morgan fingerprint density at radius 2 is 1.73 bits per heavy atom. The fourth-order valence-electron chi connectivity index (χ4n) is 3.32. The van der Waals surface area contributed by atoms with Gasteiger partial charge in [-0.1, -0.05) is 32.6 Å². The standard InChI is InChI=1S/C14H26O/c1-2-7-13-10-6-11-14(15-13)12-8-4-3-5-9-12/h12-14H,2-11H2,1H3/t13-,14-/m1/s1. The Balaban J connectivity index is 1.80. The molecule has 88 valence electrons. The lowest BCUT2D eigenvalue weighted by Gasteiger charge is -2.36. The number of hydrogen-bond acceptors (Lipinski definition) is 1. The van der Waals surface area contributed by atoms with Gasteiger partial charge in [-0.15, -0.1) is 0 Å². The summed E-state index contributed by atoms with van der Waals surface area (Å²) in [6, 6.07) is 0. The van der Waals surface area contributed by atoms with E-state index in [-0.39, 0.29) is 0 Å². The van der Waals surface area contributed by atoms with Crippen molar-refractivity contribution in [2.24, 2.45) is 5.92 Å². The maximum absolute atomic E-state index is 6.27. The number of hydrogen-bond donors (Lipinski definition) is 0. The van der Waals surface area contributed by atoms with Crippen molar-refractivity contribution < 1.29 is 4.74 Å². The molecule has 0 aromatic carbocycles. The zero-order chi connectivity index (χ0) is 10.5. The van der Waals surface area contributed by atoms with Gasteiger partial charge >= 0.3 is 0 Å². The minimum absolute atomic E-state index is 0.593. The van der Waals surface area contributed by atoms with Crippen LogP contribution in [0.25, 0.3) is 0 Å².